The van der Waals surface area contributed by atoms with E-state index in [0.29, 0.717) is 32.7 Å². The molecule has 148 valence electrons. The first-order chi connectivity index (χ1) is 13.1. The highest BCUT2D eigenvalue weighted by atomic mass is 35.5. The minimum absolute atomic E-state index is 0.304. The van der Waals surface area contributed by atoms with E-state index in [-0.39, 0.29) is 0 Å². The molecule has 0 amide bonds. The van der Waals surface area contributed by atoms with Crippen LogP contribution in [-0.2, 0) is 9.31 Å². The Balaban J connectivity index is 1.60. The van der Waals surface area contributed by atoms with E-state index in [1.807, 2.05) is 27.7 Å². The number of benzene rings is 1. The largest absolute Gasteiger partial charge is 0.494 e. The van der Waals surface area contributed by atoms with Crippen molar-refractivity contribution in [1.29, 1.82) is 0 Å². The molecule has 2 fully saturated rings. The highest BCUT2D eigenvalue weighted by molar-refractivity contribution is 6.63. The lowest BCUT2D eigenvalue weighted by atomic mass is 9.79. The summed E-state index contributed by atoms with van der Waals surface area (Å²) in [5.74, 6) is 1.03. The first-order valence-corrected chi connectivity index (χ1v) is 10.3. The molecule has 0 unspecified atom stereocenters. The monoisotopic (exact) mass is 440 g/mol. The molecule has 0 bridgehead atoms. The van der Waals surface area contributed by atoms with Gasteiger partial charge < -0.3 is 14.0 Å². The molecule has 2 aliphatic rings. The van der Waals surface area contributed by atoms with E-state index in [1.165, 1.54) is 0 Å². The molecule has 4 rings (SSSR count). The van der Waals surface area contributed by atoms with Crippen LogP contribution in [0.2, 0.25) is 15.2 Å². The Morgan fingerprint density at radius 2 is 1.54 bits per heavy atom. The van der Waals surface area contributed by atoms with Crippen LogP contribution in [0.3, 0.4) is 0 Å². The predicted molar refractivity (Wildman–Crippen MR) is 111 cm³/mol. The maximum atomic E-state index is 6.46. The minimum atomic E-state index is -0.564. The lowest BCUT2D eigenvalue weighted by Gasteiger charge is -2.32. The molecule has 28 heavy (non-hydrogen) atoms. The van der Waals surface area contributed by atoms with E-state index < -0.39 is 18.3 Å². The summed E-state index contributed by atoms with van der Waals surface area (Å²) in [6, 6.07) is 5.26. The summed E-state index contributed by atoms with van der Waals surface area (Å²) in [5.41, 5.74) is 0.753. The molecule has 0 radical (unpaired) electrons. The Kier molecular flexibility index (Phi) is 5.08. The molecule has 9 heteroatoms. The zero-order valence-corrected chi connectivity index (χ0v) is 18.3. The first-order valence-electron chi connectivity index (χ1n) is 9.13. The Labute approximate surface area is 179 Å². The van der Waals surface area contributed by atoms with Crippen LogP contribution in [0.5, 0.6) is 11.6 Å². The van der Waals surface area contributed by atoms with E-state index in [1.54, 1.807) is 18.2 Å². The SMILES string of the molecule is CC1(C)OB(c2cc(Cl)c(Oc3cc(C4CC4)c(Cl)nn3)c(Cl)c2)OC1(C)C. The molecule has 0 N–H and O–H groups in total. The number of ether oxygens (including phenoxy) is 1. The third-order valence-electron chi connectivity index (χ3n) is 5.52. The molecule has 0 spiro atoms. The molecule has 1 aliphatic heterocycles. The van der Waals surface area contributed by atoms with Gasteiger partial charge in [0.15, 0.2) is 10.9 Å². The van der Waals surface area contributed by atoms with Crippen molar-refractivity contribution in [2.75, 3.05) is 0 Å². The van der Waals surface area contributed by atoms with Crippen molar-refractivity contribution in [3.05, 3.63) is 39.0 Å². The van der Waals surface area contributed by atoms with Gasteiger partial charge in [0.05, 0.1) is 21.2 Å². The Bertz CT molecular complexity index is 896. The van der Waals surface area contributed by atoms with Crippen molar-refractivity contribution in [3.63, 3.8) is 0 Å². The average Bonchev–Trinajstić information content (AvgIpc) is 3.39. The fourth-order valence-corrected chi connectivity index (χ4v) is 3.83. The Hall–Kier alpha value is -1.05. The maximum absolute atomic E-state index is 6.46. The van der Waals surface area contributed by atoms with E-state index in [2.05, 4.69) is 10.2 Å². The minimum Gasteiger partial charge on any atom is -0.434 e. The number of hydrogen-bond donors (Lipinski definition) is 0. The Morgan fingerprint density at radius 3 is 2.07 bits per heavy atom. The molecular weight excluding hydrogens is 421 g/mol. The quantitative estimate of drug-likeness (QED) is 0.594. The van der Waals surface area contributed by atoms with Gasteiger partial charge in [0.25, 0.3) is 0 Å². The van der Waals surface area contributed by atoms with Gasteiger partial charge in [0.2, 0.25) is 5.88 Å². The summed E-state index contributed by atoms with van der Waals surface area (Å²) in [7, 11) is -0.564. The average molecular weight is 442 g/mol. The molecule has 1 aliphatic carbocycles. The lowest BCUT2D eigenvalue weighted by Crippen LogP contribution is -2.41. The highest BCUT2D eigenvalue weighted by Gasteiger charge is 2.51. The molecule has 2 aromatic rings. The van der Waals surface area contributed by atoms with E-state index in [9.17, 15) is 0 Å². The van der Waals surface area contributed by atoms with E-state index in [4.69, 9.17) is 48.8 Å². The third-order valence-corrected chi connectivity index (χ3v) is 6.38. The molecule has 1 saturated heterocycles. The summed E-state index contributed by atoms with van der Waals surface area (Å²) in [4.78, 5) is 0. The summed E-state index contributed by atoms with van der Waals surface area (Å²) >= 11 is 19.0. The van der Waals surface area contributed by atoms with Crippen molar-refractivity contribution >= 4 is 47.4 Å². The van der Waals surface area contributed by atoms with Crippen LogP contribution in [-0.4, -0.2) is 28.5 Å². The van der Waals surface area contributed by atoms with Gasteiger partial charge in [0.1, 0.15) is 0 Å². The van der Waals surface area contributed by atoms with Gasteiger partial charge in [-0.15, -0.1) is 10.2 Å². The van der Waals surface area contributed by atoms with Crippen LogP contribution in [0.4, 0.5) is 0 Å². The van der Waals surface area contributed by atoms with Gasteiger partial charge in [0, 0.05) is 6.07 Å². The second-order valence-corrected chi connectivity index (χ2v) is 9.38. The van der Waals surface area contributed by atoms with Gasteiger partial charge in [-0.2, -0.15) is 0 Å². The fourth-order valence-electron chi connectivity index (χ4n) is 3.00. The summed E-state index contributed by atoms with van der Waals surface area (Å²) in [6.45, 7) is 7.96. The van der Waals surface area contributed by atoms with E-state index in [0.717, 1.165) is 23.9 Å². The van der Waals surface area contributed by atoms with Crippen LogP contribution < -0.4 is 10.2 Å². The molecule has 1 aromatic heterocycles. The zero-order valence-electron chi connectivity index (χ0n) is 16.1. The van der Waals surface area contributed by atoms with E-state index >= 15 is 0 Å². The van der Waals surface area contributed by atoms with Crippen molar-refractivity contribution < 1.29 is 14.0 Å². The number of halogens is 3. The summed E-state index contributed by atoms with van der Waals surface area (Å²) < 4.78 is 18.0. The van der Waals surface area contributed by atoms with Crippen LogP contribution in [0.25, 0.3) is 0 Å². The van der Waals surface area contributed by atoms with Gasteiger partial charge in [-0.05, 0) is 69.6 Å². The van der Waals surface area contributed by atoms with Crippen molar-refractivity contribution in [2.45, 2.75) is 57.7 Å². The molecule has 1 aromatic carbocycles. The fraction of sp³-hybridized carbons (Fsp3) is 0.474. The second-order valence-electron chi connectivity index (χ2n) is 8.21. The normalized spacial score (nSPS) is 20.5. The van der Waals surface area contributed by atoms with Crippen LogP contribution in [0.1, 0.15) is 52.0 Å². The highest BCUT2D eigenvalue weighted by Crippen LogP contribution is 2.44. The zero-order chi connectivity index (χ0) is 20.3. The van der Waals surface area contributed by atoms with Crippen LogP contribution in [0, 0.1) is 0 Å². The molecule has 0 atom stereocenters. The first kappa shape index (κ1) is 20.2. The number of hydrogen-bond acceptors (Lipinski definition) is 5. The van der Waals surface area contributed by atoms with Gasteiger partial charge >= 0.3 is 7.12 Å². The number of aromatic nitrogens is 2. The standard InChI is InChI=1S/C19H20BCl3N2O3/c1-18(2)19(3,4)28-20(27-18)11-7-13(21)16(14(22)8-11)26-15-9-12(10-5-6-10)17(23)25-24-15/h7-10H,5-6H2,1-4H3. The van der Waals surface area contributed by atoms with Crippen molar-refractivity contribution in [3.8, 4) is 11.6 Å². The Morgan fingerprint density at radius 1 is 0.964 bits per heavy atom. The number of rotatable bonds is 4. The maximum Gasteiger partial charge on any atom is 0.494 e. The smallest absolute Gasteiger partial charge is 0.434 e. The molecule has 5 nitrogen and oxygen atoms in total. The second kappa shape index (κ2) is 7.03. The van der Waals surface area contributed by atoms with Gasteiger partial charge in [-0.25, -0.2) is 0 Å². The molecular formula is C19H20BCl3N2O3. The molecule has 2 heterocycles. The third kappa shape index (κ3) is 3.73. The van der Waals surface area contributed by atoms with Gasteiger partial charge in [-0.1, -0.05) is 34.8 Å². The summed E-state index contributed by atoms with van der Waals surface area (Å²) in [6.07, 6.45) is 2.18. The summed E-state index contributed by atoms with van der Waals surface area (Å²) in [5, 5.41) is 9.04. The molecule has 1 saturated carbocycles. The lowest BCUT2D eigenvalue weighted by molar-refractivity contribution is 0.00578. The van der Waals surface area contributed by atoms with Gasteiger partial charge in [-0.3, -0.25) is 0 Å². The van der Waals surface area contributed by atoms with Crippen LogP contribution >= 0.6 is 34.8 Å². The van der Waals surface area contributed by atoms with Crippen molar-refractivity contribution in [2.24, 2.45) is 0 Å². The number of nitrogens with zero attached hydrogens (tertiary/aromatic N) is 2. The predicted octanol–water partition coefficient (Wildman–Crippen LogP) is 5.41. The topological polar surface area (TPSA) is 53.5 Å². The van der Waals surface area contributed by atoms with Crippen molar-refractivity contribution in [1.82, 2.24) is 10.2 Å². The van der Waals surface area contributed by atoms with Crippen LogP contribution in [0.15, 0.2) is 18.2 Å².